The van der Waals surface area contributed by atoms with Gasteiger partial charge in [0, 0.05) is 11.6 Å². The van der Waals surface area contributed by atoms with Crippen molar-refractivity contribution in [3.8, 4) is 0 Å². The second-order valence-electron chi connectivity index (χ2n) is 5.05. The summed E-state index contributed by atoms with van der Waals surface area (Å²) < 4.78 is 3.10. The van der Waals surface area contributed by atoms with E-state index >= 15 is 0 Å². The van der Waals surface area contributed by atoms with Crippen LogP contribution in [0.4, 0.5) is 0 Å². The highest BCUT2D eigenvalue weighted by Gasteiger charge is 2.23. The number of aryl methyl sites for hydroxylation is 1. The minimum atomic E-state index is 0.0807. The predicted octanol–water partition coefficient (Wildman–Crippen LogP) is 4.72. The van der Waals surface area contributed by atoms with Gasteiger partial charge in [-0.15, -0.1) is 0 Å². The Kier molecular flexibility index (Phi) is 5.85. The highest BCUT2D eigenvalue weighted by Crippen LogP contribution is 2.32. The van der Waals surface area contributed by atoms with E-state index in [1.165, 1.54) is 5.56 Å². The lowest BCUT2D eigenvalue weighted by molar-refractivity contribution is 0.518. The summed E-state index contributed by atoms with van der Waals surface area (Å²) in [4.78, 5) is 0. The fourth-order valence-electron chi connectivity index (χ4n) is 2.54. The van der Waals surface area contributed by atoms with Gasteiger partial charge in [-0.3, -0.25) is 4.68 Å². The van der Waals surface area contributed by atoms with E-state index in [0.29, 0.717) is 0 Å². The fourth-order valence-corrected chi connectivity index (χ4v) is 3.25. The van der Waals surface area contributed by atoms with Gasteiger partial charge >= 0.3 is 0 Å². The second-order valence-corrected chi connectivity index (χ2v) is 6.31. The molecule has 3 nitrogen and oxygen atoms in total. The van der Waals surface area contributed by atoms with Crippen molar-refractivity contribution < 1.29 is 0 Å². The standard InChI is InChI=1S/C16H21BrClN3/c1-4-9-21-16(13(17)10-20-21)15(19-5-2)12-7-6-8-14(18)11(12)3/h6-8,10,15,19H,4-5,9H2,1-3H3. The molecular formula is C16H21BrClN3. The number of benzene rings is 1. The molecule has 0 aliphatic rings. The summed E-state index contributed by atoms with van der Waals surface area (Å²) in [5, 5.41) is 8.84. The quantitative estimate of drug-likeness (QED) is 0.797. The predicted molar refractivity (Wildman–Crippen MR) is 91.9 cm³/mol. The maximum atomic E-state index is 6.30. The third kappa shape index (κ3) is 3.50. The van der Waals surface area contributed by atoms with Gasteiger partial charge in [0.05, 0.1) is 22.4 Å². The highest BCUT2D eigenvalue weighted by molar-refractivity contribution is 9.10. The monoisotopic (exact) mass is 369 g/mol. The van der Waals surface area contributed by atoms with Crippen LogP contribution in [0.25, 0.3) is 0 Å². The van der Waals surface area contributed by atoms with Gasteiger partial charge < -0.3 is 5.32 Å². The molecule has 1 aromatic carbocycles. The largest absolute Gasteiger partial charge is 0.305 e. The second kappa shape index (κ2) is 7.43. The molecule has 0 amide bonds. The lowest BCUT2D eigenvalue weighted by Gasteiger charge is -2.23. The number of aromatic nitrogens is 2. The third-order valence-electron chi connectivity index (χ3n) is 3.57. The van der Waals surface area contributed by atoms with Gasteiger partial charge in [-0.25, -0.2) is 0 Å². The molecule has 1 aromatic heterocycles. The van der Waals surface area contributed by atoms with E-state index in [4.69, 9.17) is 11.6 Å². The molecule has 0 aliphatic heterocycles. The molecule has 2 aromatic rings. The molecule has 0 radical (unpaired) electrons. The van der Waals surface area contributed by atoms with Crippen molar-refractivity contribution in [1.29, 1.82) is 0 Å². The summed E-state index contributed by atoms with van der Waals surface area (Å²) in [6, 6.07) is 6.15. The first kappa shape index (κ1) is 16.5. The van der Waals surface area contributed by atoms with Crippen LogP contribution >= 0.6 is 27.5 Å². The van der Waals surface area contributed by atoms with Crippen LogP contribution in [-0.4, -0.2) is 16.3 Å². The molecular weight excluding hydrogens is 350 g/mol. The Morgan fingerprint density at radius 1 is 1.38 bits per heavy atom. The smallest absolute Gasteiger partial charge is 0.0762 e. The van der Waals surface area contributed by atoms with Crippen LogP contribution in [0.5, 0.6) is 0 Å². The fraction of sp³-hybridized carbons (Fsp3) is 0.438. The molecule has 1 unspecified atom stereocenters. The Morgan fingerprint density at radius 2 is 2.14 bits per heavy atom. The lowest BCUT2D eigenvalue weighted by atomic mass is 9.98. The normalized spacial score (nSPS) is 12.6. The van der Waals surface area contributed by atoms with E-state index in [0.717, 1.165) is 40.3 Å². The van der Waals surface area contributed by atoms with Crippen molar-refractivity contribution in [3.05, 3.63) is 50.7 Å². The topological polar surface area (TPSA) is 29.9 Å². The zero-order chi connectivity index (χ0) is 15.4. The molecule has 21 heavy (non-hydrogen) atoms. The average molecular weight is 371 g/mol. The van der Waals surface area contributed by atoms with Gasteiger partial charge in [-0.2, -0.15) is 5.10 Å². The van der Waals surface area contributed by atoms with E-state index in [9.17, 15) is 0 Å². The van der Waals surface area contributed by atoms with Crippen molar-refractivity contribution in [1.82, 2.24) is 15.1 Å². The molecule has 0 bridgehead atoms. The van der Waals surface area contributed by atoms with E-state index in [2.05, 4.69) is 57.9 Å². The highest BCUT2D eigenvalue weighted by atomic mass is 79.9. The average Bonchev–Trinajstić information content (AvgIpc) is 2.81. The first-order valence-electron chi connectivity index (χ1n) is 7.29. The number of halogens is 2. The summed E-state index contributed by atoms with van der Waals surface area (Å²) in [7, 11) is 0. The van der Waals surface area contributed by atoms with Gasteiger partial charge in [0.25, 0.3) is 0 Å². The van der Waals surface area contributed by atoms with E-state index in [1.54, 1.807) is 0 Å². The number of nitrogens with zero attached hydrogens (tertiary/aromatic N) is 2. The molecule has 5 heteroatoms. The summed E-state index contributed by atoms with van der Waals surface area (Å²) in [6.45, 7) is 8.12. The summed E-state index contributed by atoms with van der Waals surface area (Å²) in [5.74, 6) is 0. The van der Waals surface area contributed by atoms with Crippen LogP contribution < -0.4 is 5.32 Å². The zero-order valence-electron chi connectivity index (χ0n) is 12.7. The van der Waals surface area contributed by atoms with Crippen LogP contribution in [0, 0.1) is 6.92 Å². The maximum absolute atomic E-state index is 6.30. The van der Waals surface area contributed by atoms with Crippen LogP contribution in [0.2, 0.25) is 5.02 Å². The Balaban J connectivity index is 2.53. The molecule has 0 aliphatic carbocycles. The molecule has 1 heterocycles. The minimum absolute atomic E-state index is 0.0807. The van der Waals surface area contributed by atoms with Crippen LogP contribution in [0.1, 0.15) is 43.1 Å². The molecule has 0 fully saturated rings. The minimum Gasteiger partial charge on any atom is -0.305 e. The molecule has 1 atom stereocenters. The van der Waals surface area contributed by atoms with Gasteiger partial charge in [0.15, 0.2) is 0 Å². The van der Waals surface area contributed by atoms with Crippen LogP contribution in [-0.2, 0) is 6.54 Å². The Hall–Kier alpha value is -0.840. The molecule has 0 saturated carbocycles. The summed E-state index contributed by atoms with van der Waals surface area (Å²) >= 11 is 9.94. The number of nitrogens with one attached hydrogen (secondary N) is 1. The molecule has 114 valence electrons. The van der Waals surface area contributed by atoms with Gasteiger partial charge in [0.2, 0.25) is 0 Å². The van der Waals surface area contributed by atoms with E-state index in [-0.39, 0.29) is 6.04 Å². The maximum Gasteiger partial charge on any atom is 0.0762 e. The Morgan fingerprint density at radius 3 is 2.81 bits per heavy atom. The third-order valence-corrected chi connectivity index (χ3v) is 4.59. The van der Waals surface area contributed by atoms with Crippen LogP contribution in [0.15, 0.2) is 28.9 Å². The summed E-state index contributed by atoms with van der Waals surface area (Å²) in [6.07, 6.45) is 2.92. The van der Waals surface area contributed by atoms with Crippen molar-refractivity contribution in [3.63, 3.8) is 0 Å². The zero-order valence-corrected chi connectivity index (χ0v) is 15.0. The lowest BCUT2D eigenvalue weighted by Crippen LogP contribution is -2.26. The first-order chi connectivity index (χ1) is 10.1. The van der Waals surface area contributed by atoms with Crippen molar-refractivity contribution in [2.45, 2.75) is 39.8 Å². The number of hydrogen-bond donors (Lipinski definition) is 1. The van der Waals surface area contributed by atoms with E-state index < -0.39 is 0 Å². The van der Waals surface area contributed by atoms with Gasteiger partial charge in [0.1, 0.15) is 0 Å². The molecule has 0 saturated heterocycles. The first-order valence-corrected chi connectivity index (χ1v) is 8.46. The SMILES string of the molecule is CCCn1ncc(Br)c1C(NCC)c1cccc(Cl)c1C. The van der Waals surface area contributed by atoms with Crippen molar-refractivity contribution >= 4 is 27.5 Å². The van der Waals surface area contributed by atoms with Gasteiger partial charge in [-0.05, 0) is 53.0 Å². The number of hydrogen-bond acceptors (Lipinski definition) is 2. The van der Waals surface area contributed by atoms with Crippen molar-refractivity contribution in [2.24, 2.45) is 0 Å². The molecule has 2 rings (SSSR count). The van der Waals surface area contributed by atoms with E-state index in [1.807, 2.05) is 18.3 Å². The Labute approximate surface area is 139 Å². The summed E-state index contributed by atoms with van der Waals surface area (Å²) in [5.41, 5.74) is 3.47. The van der Waals surface area contributed by atoms with Crippen LogP contribution in [0.3, 0.4) is 0 Å². The molecule has 1 N–H and O–H groups in total. The van der Waals surface area contributed by atoms with Crippen molar-refractivity contribution in [2.75, 3.05) is 6.54 Å². The molecule has 0 spiro atoms. The Bertz CT molecular complexity index is 610. The number of rotatable bonds is 6. The van der Waals surface area contributed by atoms with Gasteiger partial charge in [-0.1, -0.05) is 37.6 Å².